The highest BCUT2D eigenvalue weighted by Gasteiger charge is 2.56. The number of aliphatic hydroxyl groups is 10. The summed E-state index contributed by atoms with van der Waals surface area (Å²) in [7, 11) is 6.38. The van der Waals surface area contributed by atoms with Crippen molar-refractivity contribution in [3.63, 3.8) is 0 Å². The molecule has 5 aliphatic heterocycles. The molecule has 1 aromatic rings. The molecule has 6 heterocycles. The second-order valence-electron chi connectivity index (χ2n) is 29.2. The van der Waals surface area contributed by atoms with Gasteiger partial charge in [-0.2, -0.15) is 0 Å². The number of hydrogen-bond donors (Lipinski definition) is 17. The van der Waals surface area contributed by atoms with Crippen molar-refractivity contribution in [2.45, 2.75) is 284 Å². The van der Waals surface area contributed by atoms with Gasteiger partial charge in [-0.1, -0.05) is 45.1 Å². The molecule has 2 amide bonds. The molecular formula is C70H119N9O28. The Kier molecular flexibility index (Phi) is 37.0. The SMILES string of the molecule is CN[C@@H]1[C@@H](O)[C@@H](O[C@@H]2[C@@H](O)[C@H](O[C@H]3O[C@H](CN)[C@@H](O)[C@H](O)[C@H]3O)[C@@H](N)C[C@H]2NC(=O)[C@@H](O)CN)OC[C@]1(C)O.CO[C@@H]1[C@@H](O[C@@H]2O[C@H](C)[C@@H](O[C@H]3C[C@@](C)(O)[C@@H](OC(=O)CC(C)C)[C@H](C)O3)[C@H](N(C)C)[C@H]2O)[C@@H](CC=O)C[C@@H](C)[C@@H](O)/C=C/C=C/C[C@@H](C)OC(=O)C[C@H]1OC(C)=O.NNC(=O)c1ccncc1. The molecule has 1 saturated carbocycles. The zero-order valence-electron chi connectivity index (χ0n) is 63.1. The number of pyridine rings is 1. The Hall–Kier alpha value is -5.35. The highest BCUT2D eigenvalue weighted by molar-refractivity contribution is 5.93. The van der Waals surface area contributed by atoms with Crippen LogP contribution in [-0.2, 0) is 80.8 Å². The summed E-state index contributed by atoms with van der Waals surface area (Å²) in [6.45, 7) is 14.2. The standard InChI is InChI=1S/C42H69NO15.C22H43N5O12.C6H7N3O/c1-23(2)19-32(47)56-40-27(6)53-34(22-42(40,8)50)57-37-26(5)54-41(36(49)35(37)43(9)10)58-38-29(17-18-44)20-24(3)30(46)16-14-12-13-15-25(4)52-33(48)21-31(39(38)51-11)55-28(7)45;1-22(35)6-36-20(15(33)18(22)26-2)39-17-8(27-19(34)9(28)4-23)3-7(25)16(14(17)32)38-21-13(31)12(30)11(29)10(5-24)37-21;7-9-6(10)5-1-3-8-4-2-5/h12-14,16,18,23-27,29-31,34-41,46,49-50H,15,17,19-22H2,1-11H3;7-18,20-21,26,28-33,35H,3-6,23-25H2,1-2H3,(H,27,34);1-4H,7H2,(H,9,10)/b13-12+,16-14+;;/t24-,25-,26-,27+,29+,30+,31-,34+,35-,36-,37-,38+,39+,40+,41+,42-;7-,8+,9-,10+,11+,12-,13+,14-,15+,16+,17-,18+,20+,21+,22-;/m10./s1. The van der Waals surface area contributed by atoms with E-state index < -0.39 is 219 Å². The summed E-state index contributed by atoms with van der Waals surface area (Å²) in [6, 6.07) is -0.527. The molecule has 0 spiro atoms. The number of carbonyl (C=O) groups is 6. The molecule has 0 aromatic carbocycles. The molecule has 7 rings (SSSR count). The lowest BCUT2D eigenvalue weighted by Crippen LogP contribution is -2.70. The van der Waals surface area contributed by atoms with E-state index >= 15 is 0 Å². The number of esters is 3. The Bertz CT molecular complexity index is 2960. The van der Waals surface area contributed by atoms with Crippen molar-refractivity contribution in [2.75, 3.05) is 47.9 Å². The molecule has 1 aliphatic carbocycles. The number of aliphatic hydroxyl groups excluding tert-OH is 8. The van der Waals surface area contributed by atoms with Crippen LogP contribution in [0.5, 0.6) is 0 Å². The van der Waals surface area contributed by atoms with Crippen LogP contribution in [0.3, 0.4) is 0 Å². The average molecular weight is 1530 g/mol. The number of allylic oxidation sites excluding steroid dienone is 2. The number of aromatic nitrogens is 1. The summed E-state index contributed by atoms with van der Waals surface area (Å²) < 4.78 is 71.3. The molecule has 21 N–H and O–H groups in total. The van der Waals surface area contributed by atoms with Gasteiger partial charge in [0.15, 0.2) is 31.3 Å². The third-order valence-electron chi connectivity index (χ3n) is 19.5. The van der Waals surface area contributed by atoms with Crippen LogP contribution in [-0.4, -0.2) is 321 Å². The van der Waals surface area contributed by atoms with Crippen molar-refractivity contribution in [3.8, 4) is 0 Å². The lowest BCUT2D eigenvalue weighted by atomic mass is 9.82. The maximum Gasteiger partial charge on any atom is 0.309 e. The normalized spacial score (nSPS) is 40.4. The molecule has 1 aromatic heterocycles. The molecule has 6 aliphatic rings. The van der Waals surface area contributed by atoms with Gasteiger partial charge in [0.1, 0.15) is 103 Å². The smallest absolute Gasteiger partial charge is 0.309 e. The minimum atomic E-state index is -1.72. The molecule has 4 saturated heterocycles. The third kappa shape index (κ3) is 25.9. The minimum Gasteiger partial charge on any atom is -0.462 e. The number of rotatable bonds is 22. The van der Waals surface area contributed by atoms with Gasteiger partial charge in [-0.05, 0) is 98.5 Å². The molecule has 31 atom stereocenters. The largest absolute Gasteiger partial charge is 0.462 e. The quantitative estimate of drug-likeness (QED) is 0.0129. The van der Waals surface area contributed by atoms with Crippen molar-refractivity contribution < 1.29 is 137 Å². The van der Waals surface area contributed by atoms with Gasteiger partial charge in [0.25, 0.3) is 5.91 Å². The first-order valence-electron chi connectivity index (χ1n) is 36.0. The second-order valence-corrected chi connectivity index (χ2v) is 29.2. The first kappa shape index (κ1) is 92.3. The van der Waals surface area contributed by atoms with Gasteiger partial charge < -0.3 is 145 Å². The number of nitrogen functional groups attached to an aromatic ring is 1. The van der Waals surface area contributed by atoms with Crippen molar-refractivity contribution in [1.82, 2.24) is 25.9 Å². The highest BCUT2D eigenvalue weighted by Crippen LogP contribution is 2.39. The molecule has 5 fully saturated rings. The lowest BCUT2D eigenvalue weighted by Gasteiger charge is -2.50. The Morgan fingerprint density at radius 3 is 2.02 bits per heavy atom. The summed E-state index contributed by atoms with van der Waals surface area (Å²) in [5, 5.41) is 113. The van der Waals surface area contributed by atoms with E-state index in [1.54, 1.807) is 83.1 Å². The van der Waals surface area contributed by atoms with Gasteiger partial charge in [-0.3, -0.25) is 34.4 Å². The molecule has 37 nitrogen and oxygen atoms in total. The molecule has 107 heavy (non-hydrogen) atoms. The number of ether oxygens (including phenoxy) is 12. The van der Waals surface area contributed by atoms with Gasteiger partial charge in [0, 0.05) is 76.8 Å². The Morgan fingerprint density at radius 2 is 1.44 bits per heavy atom. The molecule has 0 bridgehead atoms. The van der Waals surface area contributed by atoms with Crippen molar-refractivity contribution in [1.29, 1.82) is 0 Å². The van der Waals surface area contributed by atoms with E-state index in [1.165, 1.54) is 40.4 Å². The van der Waals surface area contributed by atoms with Crippen molar-refractivity contribution in [3.05, 3.63) is 54.4 Å². The Balaban J connectivity index is 0.000000357. The van der Waals surface area contributed by atoms with Crippen LogP contribution >= 0.6 is 0 Å². The maximum absolute atomic E-state index is 13.2. The summed E-state index contributed by atoms with van der Waals surface area (Å²) in [5.74, 6) is 0.906. The van der Waals surface area contributed by atoms with Crippen LogP contribution < -0.4 is 39.1 Å². The number of nitrogens with two attached hydrogens (primary N) is 4. The van der Waals surface area contributed by atoms with E-state index in [0.29, 0.717) is 18.3 Å². The Labute approximate surface area is 623 Å². The zero-order chi connectivity index (χ0) is 80.1. The van der Waals surface area contributed by atoms with Crippen LogP contribution in [0.4, 0.5) is 0 Å². The fourth-order valence-electron chi connectivity index (χ4n) is 13.9. The zero-order valence-corrected chi connectivity index (χ0v) is 63.1. The number of methoxy groups -OCH3 is 1. The van der Waals surface area contributed by atoms with Crippen LogP contribution in [0.25, 0.3) is 0 Å². The number of amides is 2. The van der Waals surface area contributed by atoms with E-state index in [9.17, 15) is 79.8 Å². The van der Waals surface area contributed by atoms with Crippen LogP contribution in [0.2, 0.25) is 0 Å². The molecule has 612 valence electrons. The van der Waals surface area contributed by atoms with Gasteiger partial charge in [0.2, 0.25) is 5.91 Å². The van der Waals surface area contributed by atoms with E-state index in [1.807, 2.05) is 26.2 Å². The molecular weight excluding hydrogens is 1410 g/mol. The van der Waals surface area contributed by atoms with Crippen molar-refractivity contribution >= 4 is 36.0 Å². The lowest BCUT2D eigenvalue weighted by molar-refractivity contribution is -0.344. The number of hydrazine groups is 1. The molecule has 37 heteroatoms. The minimum absolute atomic E-state index is 0.0460. The second kappa shape index (κ2) is 42.9. The number of aldehydes is 1. The van der Waals surface area contributed by atoms with Crippen LogP contribution in [0, 0.1) is 17.8 Å². The summed E-state index contributed by atoms with van der Waals surface area (Å²) in [4.78, 5) is 79.2. The molecule has 0 radical (unpaired) electrons. The fourth-order valence-corrected chi connectivity index (χ4v) is 13.9. The van der Waals surface area contributed by atoms with Crippen LogP contribution in [0.1, 0.15) is 118 Å². The number of nitrogens with zero attached hydrogens (tertiary/aromatic N) is 2. The number of carbonyl (C=O) groups excluding carboxylic acids is 6. The average Bonchev–Trinajstić information content (AvgIpc) is 0.780. The van der Waals surface area contributed by atoms with Crippen LogP contribution in [0.15, 0.2) is 48.8 Å². The fraction of sp³-hybridized carbons (Fsp3) is 0.786. The van der Waals surface area contributed by atoms with Gasteiger partial charge in [-0.25, -0.2) is 5.84 Å². The van der Waals surface area contributed by atoms with E-state index in [4.69, 9.17) is 79.9 Å². The summed E-state index contributed by atoms with van der Waals surface area (Å²) >= 11 is 0. The van der Waals surface area contributed by atoms with Gasteiger partial charge in [-0.15, -0.1) is 0 Å². The maximum atomic E-state index is 13.2. The predicted molar refractivity (Wildman–Crippen MR) is 376 cm³/mol. The monoisotopic (exact) mass is 1530 g/mol. The van der Waals surface area contributed by atoms with E-state index in [-0.39, 0.29) is 63.6 Å². The number of hydrogen-bond acceptors (Lipinski definition) is 35. The highest BCUT2D eigenvalue weighted by atomic mass is 16.7. The van der Waals surface area contributed by atoms with Gasteiger partial charge >= 0.3 is 17.9 Å². The third-order valence-corrected chi connectivity index (χ3v) is 19.5. The predicted octanol–water partition coefficient (Wildman–Crippen LogP) is -4.83. The van der Waals surface area contributed by atoms with Crippen molar-refractivity contribution in [2.24, 2.45) is 40.8 Å². The van der Waals surface area contributed by atoms with Gasteiger partial charge in [0.05, 0.1) is 55.6 Å². The molecule has 0 unspecified atom stereocenters. The van der Waals surface area contributed by atoms with E-state index in [2.05, 4.69) is 15.6 Å². The number of likely N-dealkylation sites (N-methyl/N-ethyl adjacent to an activating group) is 2. The first-order valence-corrected chi connectivity index (χ1v) is 36.0. The number of cyclic esters (lactones) is 1. The summed E-state index contributed by atoms with van der Waals surface area (Å²) in [6.07, 6.45) is -17.3. The topological polar surface area (TPSA) is 572 Å². The summed E-state index contributed by atoms with van der Waals surface area (Å²) in [5.41, 5.74) is 16.8. The van der Waals surface area contributed by atoms with E-state index in [0.717, 1.165) is 0 Å². The number of nitrogens with one attached hydrogen (secondary N) is 3. The Morgan fingerprint density at radius 1 is 0.794 bits per heavy atom. The first-order chi connectivity index (χ1) is 50.3.